The summed E-state index contributed by atoms with van der Waals surface area (Å²) in [6.45, 7) is 2.42. The van der Waals surface area contributed by atoms with Crippen molar-refractivity contribution in [3.63, 3.8) is 0 Å². The SMILES string of the molecule is CCC(CSC)NC(=O)NCCCC(=O)O. The van der Waals surface area contributed by atoms with Gasteiger partial charge in [-0.2, -0.15) is 11.8 Å². The van der Waals surface area contributed by atoms with Gasteiger partial charge in [0, 0.05) is 24.8 Å². The van der Waals surface area contributed by atoms with Crippen molar-refractivity contribution in [2.24, 2.45) is 0 Å². The highest BCUT2D eigenvalue weighted by Gasteiger charge is 2.08. The van der Waals surface area contributed by atoms with E-state index in [4.69, 9.17) is 5.11 Å². The molecule has 0 fully saturated rings. The second-order valence-electron chi connectivity index (χ2n) is 3.46. The average molecular weight is 248 g/mol. The van der Waals surface area contributed by atoms with Crippen molar-refractivity contribution in [1.29, 1.82) is 0 Å². The fourth-order valence-electron chi connectivity index (χ4n) is 1.14. The maximum atomic E-state index is 11.4. The molecule has 3 N–H and O–H groups in total. The second kappa shape index (κ2) is 9.33. The molecule has 0 rings (SSSR count). The number of carboxylic acids is 1. The number of thioether (sulfide) groups is 1. The number of carbonyl (C=O) groups excluding carboxylic acids is 1. The molecule has 0 aliphatic heterocycles. The summed E-state index contributed by atoms with van der Waals surface area (Å²) in [7, 11) is 0. The molecular weight excluding hydrogens is 228 g/mol. The largest absolute Gasteiger partial charge is 0.481 e. The van der Waals surface area contributed by atoms with E-state index in [9.17, 15) is 9.59 Å². The van der Waals surface area contributed by atoms with E-state index in [-0.39, 0.29) is 18.5 Å². The Hall–Kier alpha value is -0.910. The molecule has 0 aromatic heterocycles. The first-order valence-corrected chi connectivity index (χ1v) is 6.74. The first-order valence-electron chi connectivity index (χ1n) is 5.35. The summed E-state index contributed by atoms with van der Waals surface area (Å²) in [5.74, 6) is 0.0509. The minimum atomic E-state index is -0.837. The molecule has 5 nitrogen and oxygen atoms in total. The van der Waals surface area contributed by atoms with Gasteiger partial charge in [-0.05, 0) is 19.1 Å². The Morgan fingerprint density at radius 2 is 2.12 bits per heavy atom. The van der Waals surface area contributed by atoms with Crippen LogP contribution in [0.15, 0.2) is 0 Å². The lowest BCUT2D eigenvalue weighted by Gasteiger charge is -2.16. The molecular formula is C10H20N2O3S. The Balaban J connectivity index is 3.60. The zero-order valence-corrected chi connectivity index (χ0v) is 10.6. The van der Waals surface area contributed by atoms with Crippen LogP contribution in [0.3, 0.4) is 0 Å². The van der Waals surface area contributed by atoms with Crippen LogP contribution < -0.4 is 10.6 Å². The predicted octanol–water partition coefficient (Wildman–Crippen LogP) is 1.29. The van der Waals surface area contributed by atoms with E-state index in [1.807, 2.05) is 13.2 Å². The van der Waals surface area contributed by atoms with Crippen molar-refractivity contribution in [1.82, 2.24) is 10.6 Å². The van der Waals surface area contributed by atoms with Crippen LogP contribution in [0.2, 0.25) is 0 Å². The summed E-state index contributed by atoms with van der Waals surface area (Å²) in [5.41, 5.74) is 0. The van der Waals surface area contributed by atoms with Gasteiger partial charge in [0.25, 0.3) is 0 Å². The molecule has 0 aliphatic carbocycles. The zero-order valence-electron chi connectivity index (χ0n) is 9.78. The molecule has 16 heavy (non-hydrogen) atoms. The van der Waals surface area contributed by atoms with Gasteiger partial charge in [0.05, 0.1) is 0 Å². The molecule has 1 unspecified atom stereocenters. The maximum absolute atomic E-state index is 11.4. The molecule has 0 aromatic rings. The lowest BCUT2D eigenvalue weighted by atomic mass is 10.2. The van der Waals surface area contributed by atoms with Crippen LogP contribution in [0.1, 0.15) is 26.2 Å². The van der Waals surface area contributed by atoms with Crippen molar-refractivity contribution in [2.45, 2.75) is 32.2 Å². The van der Waals surface area contributed by atoms with Gasteiger partial charge in [0.2, 0.25) is 0 Å². The van der Waals surface area contributed by atoms with Crippen LogP contribution in [0.25, 0.3) is 0 Å². The number of urea groups is 1. The van der Waals surface area contributed by atoms with Gasteiger partial charge in [-0.3, -0.25) is 4.79 Å². The van der Waals surface area contributed by atoms with E-state index in [2.05, 4.69) is 10.6 Å². The predicted molar refractivity (Wildman–Crippen MR) is 65.9 cm³/mol. The first kappa shape index (κ1) is 15.1. The Morgan fingerprint density at radius 1 is 1.44 bits per heavy atom. The quantitative estimate of drug-likeness (QED) is 0.566. The number of aliphatic carboxylic acids is 1. The molecule has 0 aromatic carbocycles. The van der Waals surface area contributed by atoms with Gasteiger partial charge in [0.15, 0.2) is 0 Å². The van der Waals surface area contributed by atoms with Crippen LogP contribution in [0.5, 0.6) is 0 Å². The van der Waals surface area contributed by atoms with Gasteiger partial charge < -0.3 is 15.7 Å². The smallest absolute Gasteiger partial charge is 0.315 e. The van der Waals surface area contributed by atoms with Gasteiger partial charge >= 0.3 is 12.0 Å². The van der Waals surface area contributed by atoms with Crippen LogP contribution in [0.4, 0.5) is 4.79 Å². The summed E-state index contributed by atoms with van der Waals surface area (Å²) >= 11 is 1.69. The Labute approximate surface area is 100 Å². The summed E-state index contributed by atoms with van der Waals surface area (Å²) in [6, 6.07) is -0.0410. The monoisotopic (exact) mass is 248 g/mol. The van der Waals surface area contributed by atoms with Crippen LogP contribution in [0, 0.1) is 0 Å². The average Bonchev–Trinajstić information content (AvgIpc) is 2.23. The summed E-state index contributed by atoms with van der Waals surface area (Å²) in [4.78, 5) is 21.6. The van der Waals surface area contributed by atoms with E-state index >= 15 is 0 Å². The fraction of sp³-hybridized carbons (Fsp3) is 0.800. The van der Waals surface area contributed by atoms with Crippen molar-refractivity contribution in [3.05, 3.63) is 0 Å². The van der Waals surface area contributed by atoms with Crippen molar-refractivity contribution >= 4 is 23.8 Å². The third-order valence-electron chi connectivity index (χ3n) is 2.05. The Morgan fingerprint density at radius 3 is 2.62 bits per heavy atom. The fourth-order valence-corrected chi connectivity index (χ4v) is 1.86. The number of carbonyl (C=O) groups is 2. The molecule has 0 spiro atoms. The second-order valence-corrected chi connectivity index (χ2v) is 4.37. The van der Waals surface area contributed by atoms with Gasteiger partial charge in [-0.15, -0.1) is 0 Å². The Kier molecular flexibility index (Phi) is 8.80. The number of carboxylic acid groups (broad SMARTS) is 1. The maximum Gasteiger partial charge on any atom is 0.315 e. The summed E-state index contributed by atoms with van der Waals surface area (Å²) in [6.07, 6.45) is 3.43. The summed E-state index contributed by atoms with van der Waals surface area (Å²) in [5, 5.41) is 13.9. The van der Waals surface area contributed by atoms with E-state index < -0.39 is 5.97 Å². The molecule has 0 aliphatic rings. The molecule has 0 radical (unpaired) electrons. The first-order chi connectivity index (χ1) is 7.60. The third kappa shape index (κ3) is 8.40. The highest BCUT2D eigenvalue weighted by atomic mass is 32.2. The molecule has 0 heterocycles. The molecule has 1 atom stereocenters. The van der Waals surface area contributed by atoms with E-state index in [0.717, 1.165) is 12.2 Å². The van der Waals surface area contributed by atoms with Gasteiger partial charge in [0.1, 0.15) is 0 Å². The van der Waals surface area contributed by atoms with Crippen molar-refractivity contribution < 1.29 is 14.7 Å². The van der Waals surface area contributed by atoms with E-state index in [1.165, 1.54) is 0 Å². The minimum Gasteiger partial charge on any atom is -0.481 e. The number of nitrogens with one attached hydrogen (secondary N) is 2. The number of amides is 2. The van der Waals surface area contributed by atoms with Crippen molar-refractivity contribution in [3.8, 4) is 0 Å². The molecule has 2 amide bonds. The highest BCUT2D eigenvalue weighted by Crippen LogP contribution is 2.00. The van der Waals surface area contributed by atoms with E-state index in [0.29, 0.717) is 13.0 Å². The number of hydrogen-bond acceptors (Lipinski definition) is 3. The molecule has 0 saturated carbocycles. The lowest BCUT2D eigenvalue weighted by Crippen LogP contribution is -2.43. The number of hydrogen-bond donors (Lipinski definition) is 3. The van der Waals surface area contributed by atoms with Gasteiger partial charge in [-0.25, -0.2) is 4.79 Å². The lowest BCUT2D eigenvalue weighted by molar-refractivity contribution is -0.137. The standard InChI is InChI=1S/C10H20N2O3S/c1-3-8(7-16-2)12-10(15)11-6-4-5-9(13)14/h8H,3-7H2,1-2H3,(H,13,14)(H2,11,12,15). The normalized spacial score (nSPS) is 11.9. The van der Waals surface area contributed by atoms with Crippen LogP contribution >= 0.6 is 11.8 Å². The molecule has 0 saturated heterocycles. The number of rotatable bonds is 8. The third-order valence-corrected chi connectivity index (χ3v) is 2.78. The van der Waals surface area contributed by atoms with E-state index in [1.54, 1.807) is 11.8 Å². The Bertz CT molecular complexity index is 224. The molecule has 0 bridgehead atoms. The highest BCUT2D eigenvalue weighted by molar-refractivity contribution is 7.98. The topological polar surface area (TPSA) is 78.4 Å². The molecule has 94 valence electrons. The van der Waals surface area contributed by atoms with Gasteiger partial charge in [-0.1, -0.05) is 6.92 Å². The van der Waals surface area contributed by atoms with Crippen LogP contribution in [-0.2, 0) is 4.79 Å². The summed E-state index contributed by atoms with van der Waals surface area (Å²) < 4.78 is 0. The van der Waals surface area contributed by atoms with Crippen molar-refractivity contribution in [2.75, 3.05) is 18.6 Å². The molecule has 6 heteroatoms. The zero-order chi connectivity index (χ0) is 12.4. The minimum absolute atomic E-state index is 0.0856. The van der Waals surface area contributed by atoms with Crippen LogP contribution in [-0.4, -0.2) is 41.7 Å².